The molecule has 0 radical (unpaired) electrons. The fourth-order valence-corrected chi connectivity index (χ4v) is 5.03. The van der Waals surface area contributed by atoms with Gasteiger partial charge in [0.1, 0.15) is 16.9 Å². The van der Waals surface area contributed by atoms with Crippen LogP contribution in [0, 0.1) is 11.8 Å². The van der Waals surface area contributed by atoms with Crippen molar-refractivity contribution in [1.29, 1.82) is 0 Å². The molecule has 3 rings (SSSR count). The molecule has 0 aliphatic carbocycles. The first kappa shape index (κ1) is 28.5. The number of pyridine rings is 1. The highest BCUT2D eigenvalue weighted by atomic mass is 35.5. The summed E-state index contributed by atoms with van der Waals surface area (Å²) in [5.74, 6) is -1.78. The number of hydrogen-bond donors (Lipinski definition) is 1. The molecule has 1 atom stereocenters. The van der Waals surface area contributed by atoms with Crippen molar-refractivity contribution in [3.8, 4) is 0 Å². The van der Waals surface area contributed by atoms with Crippen LogP contribution < -0.4 is 10.2 Å². The van der Waals surface area contributed by atoms with Crippen molar-refractivity contribution in [2.75, 3.05) is 44.7 Å². The van der Waals surface area contributed by atoms with Gasteiger partial charge in [-0.3, -0.25) is 9.59 Å². The number of halogens is 4. The maximum absolute atomic E-state index is 12.8. The SMILES string of the molecule is CC(C)NC1CN(C(=O)c2ccc(N3CCC(CCCN(C)C(=O)C(C)C(F)(F)F)CC3)nc2Cl)C1. The normalized spacial score (nSPS) is 18.4. The lowest BCUT2D eigenvalue weighted by molar-refractivity contribution is -0.184. The lowest BCUT2D eigenvalue weighted by atomic mass is 9.92. The number of amides is 2. The third kappa shape index (κ3) is 7.25. The van der Waals surface area contributed by atoms with E-state index >= 15 is 0 Å². The molecule has 0 spiro atoms. The predicted molar refractivity (Wildman–Crippen MR) is 134 cm³/mol. The van der Waals surface area contributed by atoms with Crippen molar-refractivity contribution < 1.29 is 22.8 Å². The fraction of sp³-hybridized carbons (Fsp3) is 0.720. The first-order valence-corrected chi connectivity index (χ1v) is 13.0. The summed E-state index contributed by atoms with van der Waals surface area (Å²) in [6, 6.07) is 4.27. The Morgan fingerprint density at radius 2 is 1.83 bits per heavy atom. The average molecular weight is 532 g/mol. The van der Waals surface area contributed by atoms with Crippen LogP contribution in [-0.4, -0.2) is 84.6 Å². The second-order valence-electron chi connectivity index (χ2n) is 10.3. The number of rotatable bonds is 9. The van der Waals surface area contributed by atoms with Crippen molar-refractivity contribution in [2.45, 2.75) is 64.7 Å². The van der Waals surface area contributed by atoms with E-state index in [0.29, 0.717) is 49.6 Å². The number of nitrogens with zero attached hydrogens (tertiary/aromatic N) is 4. The Kier molecular flexibility index (Phi) is 9.49. The lowest BCUT2D eigenvalue weighted by Gasteiger charge is -2.40. The van der Waals surface area contributed by atoms with Crippen LogP contribution in [0.25, 0.3) is 0 Å². The van der Waals surface area contributed by atoms with E-state index in [1.54, 1.807) is 11.0 Å². The third-order valence-corrected chi connectivity index (χ3v) is 7.37. The molecule has 1 aromatic rings. The monoisotopic (exact) mass is 531 g/mol. The molecule has 1 N–H and O–H groups in total. The van der Waals surface area contributed by atoms with E-state index in [1.165, 1.54) is 11.9 Å². The Bertz CT molecular complexity index is 915. The van der Waals surface area contributed by atoms with Crippen molar-refractivity contribution in [1.82, 2.24) is 20.1 Å². The van der Waals surface area contributed by atoms with Gasteiger partial charge in [-0.05, 0) is 50.7 Å². The second kappa shape index (κ2) is 12.0. The van der Waals surface area contributed by atoms with Crippen molar-refractivity contribution >= 4 is 29.2 Å². The van der Waals surface area contributed by atoms with Gasteiger partial charge < -0.3 is 20.0 Å². The largest absolute Gasteiger partial charge is 0.400 e. The van der Waals surface area contributed by atoms with Crippen LogP contribution >= 0.6 is 11.6 Å². The summed E-state index contributed by atoms with van der Waals surface area (Å²) < 4.78 is 38.3. The van der Waals surface area contributed by atoms with Crippen molar-refractivity contribution in [3.63, 3.8) is 0 Å². The molecule has 0 aromatic carbocycles. The van der Waals surface area contributed by atoms with Crippen LogP contribution in [0.1, 0.15) is 56.8 Å². The van der Waals surface area contributed by atoms with Gasteiger partial charge in [0.15, 0.2) is 0 Å². The fourth-order valence-electron chi connectivity index (χ4n) is 4.80. The first-order chi connectivity index (χ1) is 16.9. The molecule has 0 saturated carbocycles. The van der Waals surface area contributed by atoms with Crippen LogP contribution in [0.2, 0.25) is 5.15 Å². The summed E-state index contributed by atoms with van der Waals surface area (Å²) in [6.45, 7) is 8.28. The molecule has 0 bridgehead atoms. The van der Waals surface area contributed by atoms with Crippen LogP contribution in [0.3, 0.4) is 0 Å². The Morgan fingerprint density at radius 1 is 1.19 bits per heavy atom. The van der Waals surface area contributed by atoms with Gasteiger partial charge in [0.2, 0.25) is 5.91 Å². The van der Waals surface area contributed by atoms with Gasteiger partial charge in [-0.25, -0.2) is 4.98 Å². The summed E-state index contributed by atoms with van der Waals surface area (Å²) in [7, 11) is 1.43. The van der Waals surface area contributed by atoms with Gasteiger partial charge in [0, 0.05) is 51.9 Å². The minimum atomic E-state index is -4.51. The number of hydrogen-bond acceptors (Lipinski definition) is 5. The highest BCUT2D eigenvalue weighted by molar-refractivity contribution is 6.32. The third-order valence-electron chi connectivity index (χ3n) is 7.08. The van der Waals surface area contributed by atoms with Gasteiger partial charge in [0.25, 0.3) is 5.91 Å². The van der Waals surface area contributed by atoms with E-state index in [4.69, 9.17) is 11.6 Å². The highest BCUT2D eigenvalue weighted by Crippen LogP contribution is 2.29. The summed E-state index contributed by atoms with van der Waals surface area (Å²) >= 11 is 6.39. The number of alkyl halides is 3. The summed E-state index contributed by atoms with van der Waals surface area (Å²) in [5.41, 5.74) is 0.414. The quantitative estimate of drug-likeness (QED) is 0.483. The molecule has 2 aliphatic heterocycles. The van der Waals surface area contributed by atoms with E-state index < -0.39 is 18.0 Å². The Labute approximate surface area is 216 Å². The molecule has 2 saturated heterocycles. The molecule has 2 amide bonds. The Morgan fingerprint density at radius 3 is 2.39 bits per heavy atom. The van der Waals surface area contributed by atoms with Gasteiger partial charge in [-0.2, -0.15) is 13.2 Å². The zero-order valence-corrected chi connectivity index (χ0v) is 22.2. The van der Waals surface area contributed by atoms with E-state index in [2.05, 4.69) is 29.0 Å². The van der Waals surface area contributed by atoms with Crippen LogP contribution in [0.15, 0.2) is 12.1 Å². The Hall–Kier alpha value is -2.07. The van der Waals surface area contributed by atoms with Gasteiger partial charge in [-0.1, -0.05) is 25.4 Å². The molecule has 2 fully saturated rings. The number of carbonyl (C=O) groups excluding carboxylic acids is 2. The smallest absolute Gasteiger partial charge is 0.357 e. The summed E-state index contributed by atoms with van der Waals surface area (Å²) in [5, 5.41) is 3.62. The number of anilines is 1. The van der Waals surface area contributed by atoms with E-state index in [0.717, 1.165) is 45.1 Å². The summed E-state index contributed by atoms with van der Waals surface area (Å²) in [6.07, 6.45) is -1.13. The number of carbonyl (C=O) groups is 2. The van der Waals surface area contributed by atoms with Gasteiger partial charge in [-0.15, -0.1) is 0 Å². The maximum Gasteiger partial charge on any atom is 0.400 e. The maximum atomic E-state index is 12.8. The molecule has 11 heteroatoms. The van der Waals surface area contributed by atoms with E-state index in [-0.39, 0.29) is 11.1 Å². The van der Waals surface area contributed by atoms with Gasteiger partial charge in [0.05, 0.1) is 5.56 Å². The number of aromatic nitrogens is 1. The zero-order chi connectivity index (χ0) is 26.6. The van der Waals surface area contributed by atoms with Crippen molar-refractivity contribution in [3.05, 3.63) is 22.8 Å². The predicted octanol–water partition coefficient (Wildman–Crippen LogP) is 4.21. The lowest BCUT2D eigenvalue weighted by Crippen LogP contribution is -2.61. The van der Waals surface area contributed by atoms with Crippen molar-refractivity contribution in [2.24, 2.45) is 11.8 Å². The minimum absolute atomic E-state index is 0.104. The number of likely N-dealkylation sites (tertiary alicyclic amines) is 1. The minimum Gasteiger partial charge on any atom is -0.357 e. The van der Waals surface area contributed by atoms with Crippen LogP contribution in [0.5, 0.6) is 0 Å². The molecular weight excluding hydrogens is 495 g/mol. The molecule has 1 aromatic heterocycles. The molecule has 202 valence electrons. The number of nitrogens with one attached hydrogen (secondary N) is 1. The second-order valence-corrected chi connectivity index (χ2v) is 10.7. The average Bonchev–Trinajstić information content (AvgIpc) is 2.79. The highest BCUT2D eigenvalue weighted by Gasteiger charge is 2.42. The standard InChI is InChI=1S/C25H37ClF3N5O2/c1-16(2)30-19-14-34(15-19)24(36)20-7-8-21(31-22(20)26)33-12-9-18(10-13-33)6-5-11-32(4)23(35)17(3)25(27,28)29/h7-8,16-19,30H,5-6,9-15H2,1-4H3. The van der Waals surface area contributed by atoms with Crippen LogP contribution in [0.4, 0.5) is 19.0 Å². The van der Waals surface area contributed by atoms with Crippen LogP contribution in [-0.2, 0) is 4.79 Å². The zero-order valence-electron chi connectivity index (χ0n) is 21.4. The summed E-state index contributed by atoms with van der Waals surface area (Å²) in [4.78, 5) is 34.3. The molecule has 3 heterocycles. The molecule has 1 unspecified atom stereocenters. The first-order valence-electron chi connectivity index (χ1n) is 12.6. The number of piperidine rings is 1. The van der Waals surface area contributed by atoms with E-state index in [9.17, 15) is 22.8 Å². The molecule has 36 heavy (non-hydrogen) atoms. The Balaban J connectivity index is 1.42. The topological polar surface area (TPSA) is 68.8 Å². The molecule has 2 aliphatic rings. The molecular formula is C25H37ClF3N5O2. The van der Waals surface area contributed by atoms with E-state index in [1.807, 2.05) is 6.07 Å². The molecule has 7 nitrogen and oxygen atoms in total. The van der Waals surface area contributed by atoms with Gasteiger partial charge >= 0.3 is 6.18 Å².